The van der Waals surface area contributed by atoms with Crippen molar-refractivity contribution in [1.82, 2.24) is 0 Å². The molecule has 188 valence electrons. The van der Waals surface area contributed by atoms with Crippen LogP contribution in [0.4, 0.5) is 0 Å². The number of aliphatic hydroxyl groups is 2. The van der Waals surface area contributed by atoms with Crippen LogP contribution in [0.5, 0.6) is 0 Å². The molecule has 34 heavy (non-hydrogen) atoms. The minimum atomic E-state index is -1.21. The lowest BCUT2D eigenvalue weighted by Gasteiger charge is -2.51. The van der Waals surface area contributed by atoms with Crippen LogP contribution >= 0.6 is 0 Å². The first-order chi connectivity index (χ1) is 15.7. The van der Waals surface area contributed by atoms with Gasteiger partial charge in [0, 0.05) is 32.1 Å². The van der Waals surface area contributed by atoms with Crippen molar-refractivity contribution in [3.63, 3.8) is 0 Å². The zero-order valence-corrected chi connectivity index (χ0v) is 21.1. The van der Waals surface area contributed by atoms with Gasteiger partial charge in [-0.25, -0.2) is 0 Å². The third kappa shape index (κ3) is 6.54. The molecule has 3 aliphatic rings. The molecule has 1 saturated heterocycles. The molecular formula is C27H38O7. The van der Waals surface area contributed by atoms with Gasteiger partial charge >= 0.3 is 5.97 Å². The second-order valence-corrected chi connectivity index (χ2v) is 10.7. The molecule has 1 spiro atoms. The number of allylic oxidation sites excluding steroid dienone is 3. The van der Waals surface area contributed by atoms with Crippen molar-refractivity contribution in [3.05, 3.63) is 47.1 Å². The van der Waals surface area contributed by atoms with Crippen molar-refractivity contribution >= 4 is 11.8 Å². The van der Waals surface area contributed by atoms with Crippen LogP contribution in [0.15, 0.2) is 47.1 Å². The molecule has 3 rings (SSSR count). The van der Waals surface area contributed by atoms with Gasteiger partial charge in [0.25, 0.3) is 0 Å². The van der Waals surface area contributed by atoms with E-state index in [4.69, 9.17) is 14.2 Å². The predicted molar refractivity (Wildman–Crippen MR) is 128 cm³/mol. The van der Waals surface area contributed by atoms with Crippen LogP contribution in [0.3, 0.4) is 0 Å². The van der Waals surface area contributed by atoms with Gasteiger partial charge in [0.15, 0.2) is 11.6 Å². The van der Waals surface area contributed by atoms with E-state index in [1.54, 1.807) is 39.0 Å². The Balaban J connectivity index is 1.94. The lowest BCUT2D eigenvalue weighted by atomic mass is 9.77. The van der Waals surface area contributed by atoms with E-state index in [1.165, 1.54) is 6.92 Å². The zero-order valence-electron chi connectivity index (χ0n) is 21.1. The highest BCUT2D eigenvalue weighted by Crippen LogP contribution is 2.47. The van der Waals surface area contributed by atoms with Crippen molar-refractivity contribution in [1.29, 1.82) is 0 Å². The highest BCUT2D eigenvalue weighted by Gasteiger charge is 2.53. The van der Waals surface area contributed by atoms with Crippen LogP contribution in [0.1, 0.15) is 67.2 Å². The summed E-state index contributed by atoms with van der Waals surface area (Å²) in [6.45, 7) is 10.2. The van der Waals surface area contributed by atoms with Gasteiger partial charge < -0.3 is 24.4 Å². The Morgan fingerprint density at radius 2 is 2.03 bits per heavy atom. The molecule has 2 aliphatic heterocycles. The number of hydrogen-bond donors (Lipinski definition) is 2. The van der Waals surface area contributed by atoms with E-state index in [0.717, 1.165) is 5.57 Å². The molecular weight excluding hydrogens is 436 g/mol. The van der Waals surface area contributed by atoms with E-state index in [-0.39, 0.29) is 37.1 Å². The summed E-state index contributed by atoms with van der Waals surface area (Å²) in [6.07, 6.45) is 10.1. The van der Waals surface area contributed by atoms with Gasteiger partial charge in [0.1, 0.15) is 5.60 Å². The van der Waals surface area contributed by atoms with E-state index in [9.17, 15) is 19.8 Å². The molecule has 5 atom stereocenters. The summed E-state index contributed by atoms with van der Waals surface area (Å²) in [6, 6.07) is 0. The number of rotatable bonds is 6. The number of fused-ring (bicyclic) bond motifs is 1. The molecule has 5 unspecified atom stereocenters. The van der Waals surface area contributed by atoms with Gasteiger partial charge in [0.2, 0.25) is 0 Å². The lowest BCUT2D eigenvalue weighted by molar-refractivity contribution is -0.297. The standard InChI is InChI=1S/C27H38O7/c1-17(8-7-9-25(4,5)31)10-21-14-26(6,32-19(3)29)16-27(33-21)13-20(15-28)22-12-23(30)18(2)11-24(22)34-27/h7,9-11,13,21-22,24,28,31H,8,12,14-16H2,1-6H3. The van der Waals surface area contributed by atoms with Crippen molar-refractivity contribution in [2.24, 2.45) is 5.92 Å². The molecule has 7 nitrogen and oxygen atoms in total. The van der Waals surface area contributed by atoms with E-state index in [0.29, 0.717) is 24.0 Å². The molecule has 2 N–H and O–H groups in total. The van der Waals surface area contributed by atoms with Crippen LogP contribution in [-0.4, -0.2) is 57.8 Å². The largest absolute Gasteiger partial charge is 0.459 e. The van der Waals surface area contributed by atoms with E-state index in [1.807, 2.05) is 26.0 Å². The van der Waals surface area contributed by atoms with Gasteiger partial charge in [-0.05, 0) is 64.3 Å². The quantitative estimate of drug-likeness (QED) is 0.447. The van der Waals surface area contributed by atoms with Crippen molar-refractivity contribution in [2.45, 2.75) is 96.4 Å². The topological polar surface area (TPSA) is 102 Å². The van der Waals surface area contributed by atoms with E-state index >= 15 is 0 Å². The number of hydrogen-bond acceptors (Lipinski definition) is 7. The Kier molecular flexibility index (Phi) is 7.73. The minimum Gasteiger partial charge on any atom is -0.459 e. The average molecular weight is 475 g/mol. The van der Waals surface area contributed by atoms with Crippen molar-refractivity contribution < 1.29 is 34.0 Å². The van der Waals surface area contributed by atoms with Crippen LogP contribution in [-0.2, 0) is 23.8 Å². The summed E-state index contributed by atoms with van der Waals surface area (Å²) < 4.78 is 18.7. The van der Waals surface area contributed by atoms with Gasteiger partial charge in [-0.2, -0.15) is 0 Å². The highest BCUT2D eigenvalue weighted by molar-refractivity contribution is 5.96. The Bertz CT molecular complexity index is 935. The normalized spacial score (nSPS) is 34.6. The number of Topliss-reactive ketones (excluding diaryl/α,β-unsaturated/α-hetero) is 1. The van der Waals surface area contributed by atoms with Gasteiger partial charge in [-0.1, -0.05) is 23.8 Å². The van der Waals surface area contributed by atoms with Gasteiger partial charge in [0.05, 0.1) is 24.4 Å². The molecule has 1 aliphatic carbocycles. The fraction of sp³-hybridized carbons (Fsp3) is 0.630. The Hall–Kier alpha value is -2.06. The summed E-state index contributed by atoms with van der Waals surface area (Å²) >= 11 is 0. The first-order valence-corrected chi connectivity index (χ1v) is 11.9. The number of esters is 1. The molecule has 0 radical (unpaired) electrons. The third-order valence-corrected chi connectivity index (χ3v) is 6.49. The van der Waals surface area contributed by atoms with Crippen molar-refractivity contribution in [2.75, 3.05) is 6.61 Å². The maximum atomic E-state index is 12.3. The van der Waals surface area contributed by atoms with Gasteiger partial charge in [-0.15, -0.1) is 0 Å². The molecule has 0 aromatic rings. The number of aliphatic hydroxyl groups excluding tert-OH is 1. The summed E-state index contributed by atoms with van der Waals surface area (Å²) in [5, 5.41) is 20.0. The maximum Gasteiger partial charge on any atom is 0.303 e. The average Bonchev–Trinajstić information content (AvgIpc) is 2.66. The second kappa shape index (κ2) is 9.90. The molecule has 7 heteroatoms. The number of carbonyl (C=O) groups is 2. The highest BCUT2D eigenvalue weighted by atomic mass is 16.7. The number of carbonyl (C=O) groups excluding carboxylic acids is 2. The Morgan fingerprint density at radius 3 is 2.65 bits per heavy atom. The monoisotopic (exact) mass is 474 g/mol. The first kappa shape index (κ1) is 26.5. The molecule has 0 bridgehead atoms. The fourth-order valence-corrected chi connectivity index (χ4v) is 5.16. The Labute approximate surface area is 202 Å². The number of ether oxygens (including phenoxy) is 3. The second-order valence-electron chi connectivity index (χ2n) is 10.7. The summed E-state index contributed by atoms with van der Waals surface area (Å²) in [5.41, 5.74) is 0.645. The third-order valence-electron chi connectivity index (χ3n) is 6.49. The van der Waals surface area contributed by atoms with Crippen molar-refractivity contribution in [3.8, 4) is 0 Å². The lowest BCUT2D eigenvalue weighted by Crippen LogP contribution is -2.57. The van der Waals surface area contributed by atoms with Crippen LogP contribution in [0.25, 0.3) is 0 Å². The fourth-order valence-electron chi connectivity index (χ4n) is 5.16. The van der Waals surface area contributed by atoms with Crippen LogP contribution < -0.4 is 0 Å². The van der Waals surface area contributed by atoms with Gasteiger partial charge in [-0.3, -0.25) is 9.59 Å². The molecule has 0 saturated carbocycles. The van der Waals surface area contributed by atoms with Crippen LogP contribution in [0, 0.1) is 5.92 Å². The first-order valence-electron chi connectivity index (χ1n) is 11.9. The SMILES string of the molecule is CC(=O)OC1(C)CC(C=C(C)CC=CC(C)(C)O)OC2(C=C(CO)C3CC(=O)C(C)=CC3O2)C1. The summed E-state index contributed by atoms with van der Waals surface area (Å²) in [4.78, 5) is 24.2. The zero-order chi connectivity index (χ0) is 25.3. The predicted octanol–water partition coefficient (Wildman–Crippen LogP) is 3.70. The smallest absolute Gasteiger partial charge is 0.303 e. The summed E-state index contributed by atoms with van der Waals surface area (Å²) in [5.74, 6) is -1.78. The molecule has 1 fully saturated rings. The molecule has 2 heterocycles. The maximum absolute atomic E-state index is 12.3. The molecule has 0 amide bonds. The number of ketones is 1. The molecule has 0 aromatic carbocycles. The van der Waals surface area contributed by atoms with E-state index in [2.05, 4.69) is 0 Å². The molecule has 0 aromatic heterocycles. The Morgan fingerprint density at radius 1 is 1.32 bits per heavy atom. The summed E-state index contributed by atoms with van der Waals surface area (Å²) in [7, 11) is 0. The minimum absolute atomic E-state index is 0.0463. The van der Waals surface area contributed by atoms with E-state index < -0.39 is 29.2 Å². The van der Waals surface area contributed by atoms with Crippen LogP contribution in [0.2, 0.25) is 0 Å².